The number of aliphatic hydroxyl groups is 1. The minimum Gasteiger partial charge on any atom is -0.497 e. The Labute approximate surface area is 171 Å². The SMILES string of the molecule is COc1ccc2c(c1)CC[C@H](CNC[C@H](O)c1ccc(NS(C)(=O)=O)cc1)C2=O. The van der Waals surface area contributed by atoms with E-state index in [1.54, 1.807) is 37.4 Å². The first-order chi connectivity index (χ1) is 13.8. The van der Waals surface area contributed by atoms with E-state index in [0.29, 0.717) is 24.3 Å². The molecule has 0 aliphatic heterocycles. The number of Topliss-reactive ketones (excluding diaryl/α,β-unsaturated/α-hetero) is 1. The first-order valence-corrected chi connectivity index (χ1v) is 11.3. The number of carbonyl (C=O) groups excluding carboxylic acids is 1. The molecule has 0 bridgehead atoms. The van der Waals surface area contributed by atoms with Crippen molar-refractivity contribution < 1.29 is 23.1 Å². The number of sulfonamides is 1. The molecule has 7 nitrogen and oxygen atoms in total. The summed E-state index contributed by atoms with van der Waals surface area (Å²) in [7, 11) is -1.72. The van der Waals surface area contributed by atoms with E-state index in [0.717, 1.165) is 36.0 Å². The van der Waals surface area contributed by atoms with Crippen LogP contribution in [0, 0.1) is 5.92 Å². The fourth-order valence-electron chi connectivity index (χ4n) is 3.52. The number of rotatable bonds is 8. The molecule has 0 amide bonds. The minimum absolute atomic E-state index is 0.118. The highest BCUT2D eigenvalue weighted by Gasteiger charge is 2.27. The van der Waals surface area contributed by atoms with Gasteiger partial charge in [0.25, 0.3) is 0 Å². The smallest absolute Gasteiger partial charge is 0.229 e. The van der Waals surface area contributed by atoms with Gasteiger partial charge in [-0.1, -0.05) is 12.1 Å². The Morgan fingerprint density at radius 3 is 2.59 bits per heavy atom. The summed E-state index contributed by atoms with van der Waals surface area (Å²) in [6.07, 6.45) is 1.91. The molecule has 2 atom stereocenters. The van der Waals surface area contributed by atoms with Crippen molar-refractivity contribution in [3.63, 3.8) is 0 Å². The molecule has 0 saturated carbocycles. The Balaban J connectivity index is 1.52. The summed E-state index contributed by atoms with van der Waals surface area (Å²) in [6.45, 7) is 0.799. The summed E-state index contributed by atoms with van der Waals surface area (Å²) in [4.78, 5) is 12.7. The summed E-state index contributed by atoms with van der Waals surface area (Å²) < 4.78 is 30.1. The van der Waals surface area contributed by atoms with Gasteiger partial charge in [0.05, 0.1) is 19.5 Å². The number of aliphatic hydroxyl groups excluding tert-OH is 1. The van der Waals surface area contributed by atoms with Crippen LogP contribution < -0.4 is 14.8 Å². The molecule has 0 spiro atoms. The van der Waals surface area contributed by atoms with Crippen LogP contribution in [0.1, 0.15) is 34.0 Å². The Morgan fingerprint density at radius 2 is 1.93 bits per heavy atom. The monoisotopic (exact) mass is 418 g/mol. The molecule has 8 heteroatoms. The quantitative estimate of drug-likeness (QED) is 0.607. The van der Waals surface area contributed by atoms with Gasteiger partial charge in [-0.3, -0.25) is 9.52 Å². The fraction of sp³-hybridized carbons (Fsp3) is 0.381. The van der Waals surface area contributed by atoms with Crippen LogP contribution in [0.5, 0.6) is 5.75 Å². The minimum atomic E-state index is -3.33. The van der Waals surface area contributed by atoms with Gasteiger partial charge < -0.3 is 15.2 Å². The number of fused-ring (bicyclic) bond motifs is 1. The van der Waals surface area contributed by atoms with Crippen LogP contribution in [0.2, 0.25) is 0 Å². The molecule has 0 unspecified atom stereocenters. The van der Waals surface area contributed by atoms with E-state index in [2.05, 4.69) is 10.0 Å². The summed E-state index contributed by atoms with van der Waals surface area (Å²) in [6, 6.07) is 12.1. The number of methoxy groups -OCH3 is 1. The lowest BCUT2D eigenvalue weighted by atomic mass is 9.82. The normalized spacial score (nSPS) is 17.5. The first kappa shape index (κ1) is 21.3. The van der Waals surface area contributed by atoms with Crippen LogP contribution in [-0.2, 0) is 16.4 Å². The third-order valence-corrected chi connectivity index (χ3v) is 5.64. The van der Waals surface area contributed by atoms with Crippen molar-refractivity contribution in [3.05, 3.63) is 59.2 Å². The van der Waals surface area contributed by atoms with Crippen LogP contribution in [0.25, 0.3) is 0 Å². The van der Waals surface area contributed by atoms with E-state index >= 15 is 0 Å². The molecule has 3 rings (SSSR count). The molecule has 3 N–H and O–H groups in total. The number of ketones is 1. The Hall–Kier alpha value is -2.42. The predicted octanol–water partition coefficient (Wildman–Crippen LogP) is 2.13. The number of nitrogens with one attached hydrogen (secondary N) is 2. The van der Waals surface area contributed by atoms with E-state index in [9.17, 15) is 18.3 Å². The number of anilines is 1. The Bertz CT molecular complexity index is 973. The summed E-state index contributed by atoms with van der Waals surface area (Å²) in [5, 5.41) is 13.5. The number of carbonyl (C=O) groups is 1. The van der Waals surface area contributed by atoms with Gasteiger partial charge >= 0.3 is 0 Å². The second-order valence-electron chi connectivity index (χ2n) is 7.29. The second-order valence-corrected chi connectivity index (χ2v) is 9.04. The molecule has 1 aliphatic rings. The van der Waals surface area contributed by atoms with Crippen LogP contribution in [0.3, 0.4) is 0 Å². The molecule has 29 heavy (non-hydrogen) atoms. The third-order valence-electron chi connectivity index (χ3n) is 5.04. The highest BCUT2D eigenvalue weighted by atomic mass is 32.2. The van der Waals surface area contributed by atoms with Gasteiger partial charge in [0.1, 0.15) is 5.75 Å². The molecule has 0 aromatic heterocycles. The lowest BCUT2D eigenvalue weighted by Gasteiger charge is -2.24. The van der Waals surface area contributed by atoms with Gasteiger partial charge in [-0.15, -0.1) is 0 Å². The van der Waals surface area contributed by atoms with Crippen molar-refractivity contribution in [2.75, 3.05) is 31.2 Å². The van der Waals surface area contributed by atoms with Crippen LogP contribution in [0.4, 0.5) is 5.69 Å². The van der Waals surface area contributed by atoms with Crippen molar-refractivity contribution in [2.45, 2.75) is 18.9 Å². The topological polar surface area (TPSA) is 105 Å². The molecule has 1 aliphatic carbocycles. The lowest BCUT2D eigenvalue weighted by molar-refractivity contribution is 0.0894. The van der Waals surface area contributed by atoms with Crippen LogP contribution in [-0.4, -0.2) is 45.8 Å². The highest BCUT2D eigenvalue weighted by Crippen LogP contribution is 2.28. The molecule has 156 valence electrons. The fourth-order valence-corrected chi connectivity index (χ4v) is 4.08. The van der Waals surface area contributed by atoms with E-state index < -0.39 is 16.1 Å². The maximum atomic E-state index is 12.7. The van der Waals surface area contributed by atoms with E-state index in [1.807, 2.05) is 12.1 Å². The number of hydrogen-bond acceptors (Lipinski definition) is 6. The molecule has 0 radical (unpaired) electrons. The van der Waals surface area contributed by atoms with E-state index in [4.69, 9.17) is 4.74 Å². The van der Waals surface area contributed by atoms with Gasteiger partial charge in [0, 0.05) is 30.3 Å². The van der Waals surface area contributed by atoms with Gasteiger partial charge in [0.2, 0.25) is 10.0 Å². The Morgan fingerprint density at radius 1 is 1.21 bits per heavy atom. The van der Waals surface area contributed by atoms with E-state index in [-0.39, 0.29) is 11.7 Å². The predicted molar refractivity (Wildman–Crippen MR) is 112 cm³/mol. The van der Waals surface area contributed by atoms with Gasteiger partial charge in [-0.25, -0.2) is 8.42 Å². The zero-order valence-electron chi connectivity index (χ0n) is 16.5. The van der Waals surface area contributed by atoms with Crippen LogP contribution in [0.15, 0.2) is 42.5 Å². The molecule has 2 aromatic rings. The van der Waals surface area contributed by atoms with Crippen molar-refractivity contribution >= 4 is 21.5 Å². The van der Waals surface area contributed by atoms with Crippen LogP contribution >= 0.6 is 0 Å². The largest absolute Gasteiger partial charge is 0.497 e. The summed E-state index contributed by atoms with van der Waals surface area (Å²) in [5.41, 5.74) is 2.88. The molecule has 0 fully saturated rings. The molecular formula is C21H26N2O5S. The lowest BCUT2D eigenvalue weighted by Crippen LogP contribution is -2.34. The second kappa shape index (κ2) is 8.94. The van der Waals surface area contributed by atoms with Crippen molar-refractivity contribution in [2.24, 2.45) is 5.92 Å². The Kier molecular flexibility index (Phi) is 6.56. The standard InChI is InChI=1S/C21H26N2O5S/c1-28-18-9-10-19-15(11-18)3-4-16(21(19)25)12-22-13-20(24)14-5-7-17(8-6-14)23-29(2,26)27/h5-11,16,20,22-24H,3-4,12-13H2,1-2H3/t16-,20+/m1/s1. The molecular weight excluding hydrogens is 392 g/mol. The zero-order chi connectivity index (χ0) is 21.0. The van der Waals surface area contributed by atoms with Gasteiger partial charge in [-0.05, 0) is 54.3 Å². The molecule has 2 aromatic carbocycles. The summed E-state index contributed by atoms with van der Waals surface area (Å²) in [5.74, 6) is 0.755. The third kappa shape index (κ3) is 5.56. The van der Waals surface area contributed by atoms with Crippen molar-refractivity contribution in [1.29, 1.82) is 0 Å². The molecule has 0 heterocycles. The van der Waals surface area contributed by atoms with Crippen molar-refractivity contribution in [1.82, 2.24) is 5.32 Å². The van der Waals surface area contributed by atoms with Gasteiger partial charge in [0.15, 0.2) is 5.78 Å². The maximum absolute atomic E-state index is 12.7. The van der Waals surface area contributed by atoms with Crippen molar-refractivity contribution in [3.8, 4) is 5.75 Å². The average Bonchev–Trinajstić information content (AvgIpc) is 2.68. The number of ether oxygens (including phenoxy) is 1. The first-order valence-electron chi connectivity index (χ1n) is 9.44. The maximum Gasteiger partial charge on any atom is 0.229 e. The zero-order valence-corrected chi connectivity index (χ0v) is 17.3. The molecule has 0 saturated heterocycles. The summed E-state index contributed by atoms with van der Waals surface area (Å²) >= 11 is 0. The number of hydrogen-bond donors (Lipinski definition) is 3. The number of benzene rings is 2. The highest BCUT2D eigenvalue weighted by molar-refractivity contribution is 7.92. The van der Waals surface area contributed by atoms with E-state index in [1.165, 1.54) is 0 Å². The number of aryl methyl sites for hydroxylation is 1. The van der Waals surface area contributed by atoms with Gasteiger partial charge in [-0.2, -0.15) is 0 Å². The average molecular weight is 419 g/mol.